The molecular weight excluding hydrogens is 939 g/mol. The molecule has 10 rings (SSSR count). The van der Waals surface area contributed by atoms with E-state index in [1.54, 1.807) is 48.9 Å². The summed E-state index contributed by atoms with van der Waals surface area (Å²) >= 11 is 0. The van der Waals surface area contributed by atoms with Crippen LogP contribution in [0.25, 0.3) is 33.2 Å². The van der Waals surface area contributed by atoms with Crippen molar-refractivity contribution in [2.24, 2.45) is 11.8 Å². The molecule has 0 amide bonds. The minimum atomic E-state index is -1.15. The average Bonchev–Trinajstić information content (AvgIpc) is 4.10. The molecule has 6 aromatic heterocycles. The largest absolute Gasteiger partial charge is 0.476 e. The summed E-state index contributed by atoms with van der Waals surface area (Å²) in [5, 5.41) is 47.4. The van der Waals surface area contributed by atoms with E-state index in [2.05, 4.69) is 59.4 Å². The normalized spacial score (nSPS) is 16.6. The van der Waals surface area contributed by atoms with Crippen LogP contribution in [0.2, 0.25) is 0 Å². The lowest BCUT2D eigenvalue weighted by Gasteiger charge is -2.38. The quantitative estimate of drug-likeness (QED) is 0.0732. The summed E-state index contributed by atoms with van der Waals surface area (Å²) in [6, 6.07) is 22.8. The zero-order chi connectivity index (χ0) is 51.6. The molecular formula is C53H56F2N12O6. The fourth-order valence-electron chi connectivity index (χ4n) is 9.33. The number of hydrogen-bond donors (Lipinski definition) is 5. The monoisotopic (exact) mass is 994 g/mol. The van der Waals surface area contributed by atoms with Crippen LogP contribution in [0.3, 0.4) is 0 Å². The van der Waals surface area contributed by atoms with E-state index in [4.69, 9.17) is 15.1 Å². The molecule has 0 spiro atoms. The lowest BCUT2D eigenvalue weighted by atomic mass is 9.79. The van der Waals surface area contributed by atoms with Gasteiger partial charge in [-0.2, -0.15) is 10.2 Å². The third-order valence-corrected chi connectivity index (χ3v) is 14.0. The molecule has 0 saturated carbocycles. The van der Waals surface area contributed by atoms with Gasteiger partial charge < -0.3 is 40.5 Å². The Morgan fingerprint density at radius 2 is 1.05 bits per heavy atom. The molecule has 378 valence electrons. The van der Waals surface area contributed by atoms with E-state index in [-0.39, 0.29) is 34.6 Å². The van der Waals surface area contributed by atoms with Gasteiger partial charge in [0.1, 0.15) is 34.5 Å². The number of aliphatic hydroxyl groups is 2. The van der Waals surface area contributed by atoms with Crippen molar-refractivity contribution in [2.75, 3.05) is 58.0 Å². The second kappa shape index (κ2) is 20.7. The van der Waals surface area contributed by atoms with Crippen LogP contribution < -0.4 is 10.6 Å². The third-order valence-electron chi connectivity index (χ3n) is 14.0. The van der Waals surface area contributed by atoms with E-state index in [1.165, 1.54) is 53.0 Å². The first-order valence-corrected chi connectivity index (χ1v) is 23.9. The molecule has 8 aromatic rings. The number of carbonyl (C=O) groups is 2. The minimum Gasteiger partial charge on any atom is -0.476 e. The smallest absolute Gasteiger partial charge is 0.358 e. The average molecular weight is 995 g/mol. The number of carboxylic acid groups (broad SMARTS) is 1. The number of likely N-dealkylation sites (tertiary alicyclic amines) is 2. The second-order valence-electron chi connectivity index (χ2n) is 19.0. The number of ether oxygens (including phenoxy) is 1. The van der Waals surface area contributed by atoms with Crippen molar-refractivity contribution >= 4 is 56.8 Å². The summed E-state index contributed by atoms with van der Waals surface area (Å²) in [4.78, 5) is 45.5. The highest BCUT2D eigenvalue weighted by Gasteiger charge is 2.38. The summed E-state index contributed by atoms with van der Waals surface area (Å²) in [5.41, 5.74) is 1.70. The maximum Gasteiger partial charge on any atom is 0.358 e. The van der Waals surface area contributed by atoms with Gasteiger partial charge in [-0.05, 0) is 152 Å². The number of fused-ring (bicyclic) bond motifs is 2. The van der Waals surface area contributed by atoms with E-state index in [9.17, 15) is 28.6 Å². The Hall–Kier alpha value is -7.78. The summed E-state index contributed by atoms with van der Waals surface area (Å²) in [6.07, 6.45) is 9.96. The van der Waals surface area contributed by atoms with Gasteiger partial charge in [-0.3, -0.25) is 0 Å². The van der Waals surface area contributed by atoms with Crippen molar-refractivity contribution < 1.29 is 38.4 Å². The first kappa shape index (κ1) is 50.2. The van der Waals surface area contributed by atoms with Gasteiger partial charge in [0, 0.05) is 59.8 Å². The molecule has 8 heterocycles. The number of pyridine rings is 4. The Kier molecular flexibility index (Phi) is 14.3. The number of nitrogens with one attached hydrogen (secondary N) is 2. The maximum atomic E-state index is 14.9. The number of piperidine rings is 2. The number of carboxylic acids is 1. The lowest BCUT2D eigenvalue weighted by Crippen LogP contribution is -2.41. The molecule has 2 aromatic carbocycles. The highest BCUT2D eigenvalue weighted by Crippen LogP contribution is 2.38. The van der Waals surface area contributed by atoms with Crippen molar-refractivity contribution in [3.63, 3.8) is 0 Å². The molecule has 73 heavy (non-hydrogen) atoms. The molecule has 0 aliphatic carbocycles. The highest BCUT2D eigenvalue weighted by atomic mass is 19.1. The van der Waals surface area contributed by atoms with Crippen LogP contribution in [-0.2, 0) is 15.9 Å². The van der Waals surface area contributed by atoms with Crippen LogP contribution in [-0.4, -0.2) is 124 Å². The van der Waals surface area contributed by atoms with Crippen LogP contribution in [0.5, 0.6) is 0 Å². The van der Waals surface area contributed by atoms with E-state index >= 15 is 0 Å². The molecule has 2 aliphatic heterocycles. The fourth-order valence-corrected chi connectivity index (χ4v) is 9.33. The topological polar surface area (TPSA) is 222 Å². The van der Waals surface area contributed by atoms with Crippen molar-refractivity contribution in [3.8, 4) is 11.4 Å². The van der Waals surface area contributed by atoms with Gasteiger partial charge in [0.2, 0.25) is 0 Å². The zero-order valence-electron chi connectivity index (χ0n) is 41.0. The number of hydrogen-bond acceptors (Lipinski definition) is 15. The van der Waals surface area contributed by atoms with Gasteiger partial charge in [-0.1, -0.05) is 0 Å². The van der Waals surface area contributed by atoms with Crippen LogP contribution in [0, 0.1) is 23.5 Å². The number of aromatic nitrogens is 8. The number of nitrogens with zero attached hydrogens (tertiary/aromatic N) is 10. The van der Waals surface area contributed by atoms with Gasteiger partial charge >= 0.3 is 11.9 Å². The van der Waals surface area contributed by atoms with Crippen molar-refractivity contribution in [1.29, 1.82) is 0 Å². The standard InChI is InChI=1S/C27H29FN6O3.C26H27FN6O3/c1-27(36,18-8-11-33(2)12-9-18)24-7-4-17-16-29-25(15-23(17)30-24)31-21-6-5-19(14-20(21)28)34-13-10-22(32-34)26(35)37-3;1-26(36,17-7-10-32(2)11-8-17)23-6-3-16-15-28-24(14-22(16)29-23)30-20-5-4-18(13-19(20)27)33-12-9-21(31-33)25(34)35/h4-7,10,13-16,18,36H,8-9,11-12H2,1-3H3,(H,29,31);3-6,9,12-15,17,36H,7-8,10-11H2,1-2H3,(H,28,30)(H,34,35)/t27-;26-/m11/s1. The van der Waals surface area contributed by atoms with Gasteiger partial charge in [0.05, 0.1) is 52.3 Å². The van der Waals surface area contributed by atoms with Gasteiger partial charge in [0.25, 0.3) is 0 Å². The Labute approximate surface area is 419 Å². The SMILES string of the molecule is CN1CCC([C@@](C)(O)c2ccc3cnc(Nc4ccc(-n5ccc(C(=O)O)n5)cc4F)cc3n2)CC1.COC(=O)c1ccn(-c2ccc(Nc3cc4nc([C@](C)(O)C5CCN(C)CC5)ccc4cn3)c(F)c2)n1. The summed E-state index contributed by atoms with van der Waals surface area (Å²) < 4.78 is 37.2. The summed E-state index contributed by atoms with van der Waals surface area (Å²) in [6.45, 7) is 7.44. The number of aromatic carboxylic acids is 1. The number of rotatable bonds is 12. The highest BCUT2D eigenvalue weighted by molar-refractivity contribution is 5.87. The summed E-state index contributed by atoms with van der Waals surface area (Å²) in [5.74, 6) is -1.70. The fraction of sp³-hybridized carbons (Fsp3) is 0.321. The number of anilines is 4. The molecule has 0 bridgehead atoms. The molecule has 2 fully saturated rings. The number of methoxy groups -OCH3 is 1. The first-order valence-electron chi connectivity index (χ1n) is 23.9. The van der Waals surface area contributed by atoms with Crippen LogP contribution in [0.4, 0.5) is 31.8 Å². The van der Waals surface area contributed by atoms with E-state index in [0.29, 0.717) is 45.4 Å². The molecule has 5 N–H and O–H groups in total. The van der Waals surface area contributed by atoms with E-state index in [1.807, 2.05) is 38.1 Å². The predicted octanol–water partition coefficient (Wildman–Crippen LogP) is 7.98. The van der Waals surface area contributed by atoms with E-state index < -0.39 is 34.8 Å². The second-order valence-corrected chi connectivity index (χ2v) is 19.0. The van der Waals surface area contributed by atoms with Crippen LogP contribution >= 0.6 is 0 Å². The third kappa shape index (κ3) is 11.0. The molecule has 2 aliphatic rings. The Bertz CT molecular complexity index is 3310. The summed E-state index contributed by atoms with van der Waals surface area (Å²) in [7, 11) is 5.45. The molecule has 20 heteroatoms. The molecule has 2 atom stereocenters. The number of halogens is 2. The van der Waals surface area contributed by atoms with Crippen LogP contribution in [0.15, 0.2) is 110 Å². The molecule has 0 unspecified atom stereocenters. The Morgan fingerprint density at radius 3 is 1.45 bits per heavy atom. The zero-order valence-corrected chi connectivity index (χ0v) is 41.0. The van der Waals surface area contributed by atoms with Gasteiger partial charge in [0.15, 0.2) is 11.4 Å². The van der Waals surface area contributed by atoms with Gasteiger partial charge in [-0.25, -0.2) is 47.7 Å². The number of benzene rings is 2. The number of esters is 1. The molecule has 18 nitrogen and oxygen atoms in total. The van der Waals surface area contributed by atoms with Crippen LogP contribution in [0.1, 0.15) is 71.9 Å². The number of carbonyl (C=O) groups excluding carboxylic acids is 1. The Morgan fingerprint density at radius 1 is 0.630 bits per heavy atom. The predicted molar refractivity (Wildman–Crippen MR) is 271 cm³/mol. The van der Waals surface area contributed by atoms with Gasteiger partial charge in [-0.15, -0.1) is 0 Å². The minimum absolute atomic E-state index is 0.118. The van der Waals surface area contributed by atoms with Crippen molar-refractivity contribution in [1.82, 2.24) is 49.3 Å². The molecule has 2 saturated heterocycles. The maximum absolute atomic E-state index is 14.9. The first-order chi connectivity index (χ1) is 34.9. The lowest BCUT2D eigenvalue weighted by molar-refractivity contribution is -0.0336. The Balaban J connectivity index is 0.000000180. The molecule has 0 radical (unpaired) electrons. The van der Waals surface area contributed by atoms with Crippen molar-refractivity contribution in [3.05, 3.63) is 144 Å². The van der Waals surface area contributed by atoms with Crippen molar-refractivity contribution in [2.45, 2.75) is 50.7 Å². The van der Waals surface area contributed by atoms with E-state index in [0.717, 1.165) is 62.6 Å².